The Balaban J connectivity index is 1.74. The molecular formula is C31H40N+. The minimum Gasteiger partial charge on any atom is -0.312 e. The topological polar surface area (TPSA) is 0 Å². The van der Waals surface area contributed by atoms with Crippen molar-refractivity contribution in [3.8, 4) is 0 Å². The molecule has 168 valence electrons. The lowest BCUT2D eigenvalue weighted by Gasteiger charge is -2.39. The summed E-state index contributed by atoms with van der Waals surface area (Å²) in [6.07, 6.45) is 11.1. The molecule has 0 radical (unpaired) electrons. The summed E-state index contributed by atoms with van der Waals surface area (Å²) in [5, 5.41) is 0. The van der Waals surface area contributed by atoms with E-state index in [2.05, 4.69) is 97.6 Å². The lowest BCUT2D eigenvalue weighted by atomic mass is 10.0. The number of hydrogen-bond donors (Lipinski definition) is 0. The number of allylic oxidation sites excluding steroid dienone is 1. The molecule has 1 heteroatoms. The summed E-state index contributed by atoms with van der Waals surface area (Å²) in [4.78, 5) is 0. The number of benzene rings is 3. The number of quaternary nitrogens is 1. The van der Waals surface area contributed by atoms with E-state index in [0.717, 1.165) is 30.5 Å². The quantitative estimate of drug-likeness (QED) is 0.130. The van der Waals surface area contributed by atoms with Gasteiger partial charge in [-0.05, 0) is 25.7 Å². The van der Waals surface area contributed by atoms with Gasteiger partial charge in [-0.3, -0.25) is 0 Å². The Kier molecular flexibility index (Phi) is 10.3. The molecule has 0 saturated heterocycles. The second kappa shape index (κ2) is 13.7. The number of unbranched alkanes of at least 4 members (excludes halogenated alkanes) is 6. The zero-order valence-electron chi connectivity index (χ0n) is 19.7. The smallest absolute Gasteiger partial charge is 0.105 e. The van der Waals surface area contributed by atoms with Gasteiger partial charge in [0.15, 0.2) is 0 Å². The first-order valence-electron chi connectivity index (χ1n) is 12.4. The average Bonchev–Trinajstić information content (AvgIpc) is 2.83. The Morgan fingerprint density at radius 1 is 0.500 bits per heavy atom. The predicted molar refractivity (Wildman–Crippen MR) is 138 cm³/mol. The van der Waals surface area contributed by atoms with Crippen molar-refractivity contribution >= 4 is 0 Å². The average molecular weight is 427 g/mol. The van der Waals surface area contributed by atoms with Crippen molar-refractivity contribution in [3.05, 3.63) is 120 Å². The molecule has 0 aromatic heterocycles. The summed E-state index contributed by atoms with van der Waals surface area (Å²) < 4.78 is 1.08. The summed E-state index contributed by atoms with van der Waals surface area (Å²) in [5.74, 6) is 0. The molecule has 0 fully saturated rings. The van der Waals surface area contributed by atoms with E-state index in [0.29, 0.717) is 0 Å². The van der Waals surface area contributed by atoms with Crippen molar-refractivity contribution in [2.75, 3.05) is 6.54 Å². The van der Waals surface area contributed by atoms with Crippen LogP contribution in [0.1, 0.15) is 61.6 Å². The Labute approximate surface area is 196 Å². The van der Waals surface area contributed by atoms with Gasteiger partial charge in [0.25, 0.3) is 0 Å². The molecule has 0 N–H and O–H groups in total. The van der Waals surface area contributed by atoms with Gasteiger partial charge in [-0.2, -0.15) is 0 Å². The molecule has 0 aliphatic heterocycles. The van der Waals surface area contributed by atoms with Gasteiger partial charge in [-0.1, -0.05) is 116 Å². The van der Waals surface area contributed by atoms with E-state index in [4.69, 9.17) is 0 Å². The molecule has 32 heavy (non-hydrogen) atoms. The van der Waals surface area contributed by atoms with Crippen molar-refractivity contribution < 1.29 is 4.48 Å². The van der Waals surface area contributed by atoms with E-state index in [-0.39, 0.29) is 0 Å². The third-order valence-electron chi connectivity index (χ3n) is 6.37. The maximum Gasteiger partial charge on any atom is 0.105 e. The van der Waals surface area contributed by atoms with Gasteiger partial charge in [0.1, 0.15) is 19.6 Å². The molecule has 0 heterocycles. The third-order valence-corrected chi connectivity index (χ3v) is 6.37. The van der Waals surface area contributed by atoms with Crippen LogP contribution in [0.5, 0.6) is 0 Å². The highest BCUT2D eigenvalue weighted by atomic mass is 15.3. The van der Waals surface area contributed by atoms with Crippen LogP contribution in [0.3, 0.4) is 0 Å². The van der Waals surface area contributed by atoms with E-state index < -0.39 is 0 Å². The Bertz CT molecular complexity index is 769. The molecular weight excluding hydrogens is 386 g/mol. The molecule has 1 nitrogen and oxygen atoms in total. The highest BCUT2D eigenvalue weighted by Gasteiger charge is 2.28. The van der Waals surface area contributed by atoms with Crippen LogP contribution < -0.4 is 0 Å². The first-order chi connectivity index (χ1) is 15.8. The predicted octanol–water partition coefficient (Wildman–Crippen LogP) is 8.32. The number of hydrogen-bond acceptors (Lipinski definition) is 0. The Morgan fingerprint density at radius 3 is 1.28 bits per heavy atom. The molecule has 0 unspecified atom stereocenters. The van der Waals surface area contributed by atoms with Crippen LogP contribution in [0.25, 0.3) is 0 Å². The summed E-state index contributed by atoms with van der Waals surface area (Å²) >= 11 is 0. The first kappa shape index (κ1) is 24.0. The van der Waals surface area contributed by atoms with Crippen molar-refractivity contribution in [1.82, 2.24) is 0 Å². The maximum atomic E-state index is 3.84. The lowest BCUT2D eigenvalue weighted by molar-refractivity contribution is -0.966. The molecule has 0 bridgehead atoms. The fourth-order valence-electron chi connectivity index (χ4n) is 4.76. The number of rotatable bonds is 15. The minimum absolute atomic E-state index is 1.07. The molecule has 0 amide bonds. The minimum atomic E-state index is 1.07. The molecule has 0 saturated carbocycles. The van der Waals surface area contributed by atoms with E-state index in [1.165, 1.54) is 61.8 Å². The van der Waals surface area contributed by atoms with Crippen molar-refractivity contribution in [2.45, 2.75) is 64.6 Å². The molecule has 3 aromatic rings. The SMILES string of the molecule is C=CCCCCCCCC[N+](Cc1ccccc1)(Cc1ccccc1)Cc1ccccc1. The Morgan fingerprint density at radius 2 is 0.875 bits per heavy atom. The molecule has 0 spiro atoms. The standard InChI is InChI=1S/C31H40N/c1-2-3-4-5-6-7-8-18-25-32(26-29-19-12-9-13-20-29,27-30-21-14-10-15-22-30)28-31-23-16-11-17-24-31/h2,9-17,19-24H,1,3-8,18,25-28H2/q+1. The van der Waals surface area contributed by atoms with Gasteiger partial charge in [0.05, 0.1) is 6.54 Å². The van der Waals surface area contributed by atoms with Crippen molar-refractivity contribution in [3.63, 3.8) is 0 Å². The van der Waals surface area contributed by atoms with Crippen LogP contribution in [0.2, 0.25) is 0 Å². The maximum absolute atomic E-state index is 3.84. The van der Waals surface area contributed by atoms with E-state index in [9.17, 15) is 0 Å². The zero-order chi connectivity index (χ0) is 22.3. The lowest BCUT2D eigenvalue weighted by Crippen LogP contribution is -2.46. The fraction of sp³-hybridized carbons (Fsp3) is 0.355. The highest BCUT2D eigenvalue weighted by molar-refractivity contribution is 5.17. The van der Waals surface area contributed by atoms with Gasteiger partial charge in [-0.25, -0.2) is 0 Å². The van der Waals surface area contributed by atoms with E-state index in [1.54, 1.807) is 0 Å². The van der Waals surface area contributed by atoms with Gasteiger partial charge in [0, 0.05) is 16.7 Å². The summed E-state index contributed by atoms with van der Waals surface area (Å²) in [7, 11) is 0. The monoisotopic (exact) mass is 426 g/mol. The second-order valence-electron chi connectivity index (χ2n) is 9.20. The van der Waals surface area contributed by atoms with Crippen LogP contribution in [-0.4, -0.2) is 11.0 Å². The summed E-state index contributed by atoms with van der Waals surface area (Å²) in [6, 6.07) is 33.2. The van der Waals surface area contributed by atoms with Crippen LogP contribution in [-0.2, 0) is 19.6 Å². The van der Waals surface area contributed by atoms with Crippen LogP contribution in [0, 0.1) is 0 Å². The van der Waals surface area contributed by atoms with Crippen molar-refractivity contribution in [1.29, 1.82) is 0 Å². The highest BCUT2D eigenvalue weighted by Crippen LogP contribution is 2.25. The number of nitrogens with zero attached hydrogens (tertiary/aromatic N) is 1. The molecule has 3 aromatic carbocycles. The van der Waals surface area contributed by atoms with Crippen molar-refractivity contribution in [2.24, 2.45) is 0 Å². The van der Waals surface area contributed by atoms with Crippen LogP contribution in [0.15, 0.2) is 104 Å². The molecule has 0 aliphatic carbocycles. The third kappa shape index (κ3) is 8.48. The second-order valence-corrected chi connectivity index (χ2v) is 9.20. The van der Waals surface area contributed by atoms with E-state index in [1.807, 2.05) is 6.08 Å². The van der Waals surface area contributed by atoms with Crippen LogP contribution >= 0.6 is 0 Å². The van der Waals surface area contributed by atoms with Crippen LogP contribution in [0.4, 0.5) is 0 Å². The van der Waals surface area contributed by atoms with Gasteiger partial charge < -0.3 is 4.48 Å². The molecule has 3 rings (SSSR count). The summed E-state index contributed by atoms with van der Waals surface area (Å²) in [6.45, 7) is 8.27. The largest absolute Gasteiger partial charge is 0.312 e. The summed E-state index contributed by atoms with van der Waals surface area (Å²) in [5.41, 5.74) is 4.30. The van der Waals surface area contributed by atoms with Gasteiger partial charge in [0.2, 0.25) is 0 Å². The zero-order valence-corrected chi connectivity index (χ0v) is 19.7. The van der Waals surface area contributed by atoms with Gasteiger partial charge in [-0.15, -0.1) is 6.58 Å². The fourth-order valence-corrected chi connectivity index (χ4v) is 4.76. The molecule has 0 atom stereocenters. The first-order valence-corrected chi connectivity index (χ1v) is 12.4. The van der Waals surface area contributed by atoms with E-state index >= 15 is 0 Å². The molecule has 0 aliphatic rings. The Hall–Kier alpha value is -2.64. The van der Waals surface area contributed by atoms with Gasteiger partial charge >= 0.3 is 0 Å². The normalized spacial score (nSPS) is 11.4.